The van der Waals surface area contributed by atoms with E-state index in [4.69, 9.17) is 9.47 Å². The van der Waals surface area contributed by atoms with Crippen LogP contribution >= 0.6 is 11.3 Å². The molecule has 4 rings (SSSR count). The predicted octanol–water partition coefficient (Wildman–Crippen LogP) is 1.30. The van der Waals surface area contributed by atoms with E-state index >= 15 is 0 Å². The summed E-state index contributed by atoms with van der Waals surface area (Å²) in [4.78, 5) is 18.1. The van der Waals surface area contributed by atoms with Crippen LogP contribution in [0.2, 0.25) is 0 Å². The van der Waals surface area contributed by atoms with Gasteiger partial charge in [-0.15, -0.1) is 0 Å². The first-order valence-electron chi connectivity index (χ1n) is 6.75. The molecule has 1 spiro atoms. The Kier molecular flexibility index (Phi) is 2.88. The van der Waals surface area contributed by atoms with Crippen molar-refractivity contribution < 1.29 is 14.4 Å². The molecule has 0 aliphatic carbocycles. The first-order chi connectivity index (χ1) is 10.2. The van der Waals surface area contributed by atoms with Crippen LogP contribution in [-0.4, -0.2) is 52.8 Å². The summed E-state index contributed by atoms with van der Waals surface area (Å²) < 4.78 is 12.8. The fourth-order valence-corrected chi connectivity index (χ4v) is 3.70. The molecule has 1 atom stereocenters. The van der Waals surface area contributed by atoms with Crippen molar-refractivity contribution in [2.24, 2.45) is 0 Å². The minimum Gasteiger partial charge on any atom is -0.378 e. The smallest absolute Gasteiger partial charge is 0.373 e. The Bertz CT molecular complexity index is 691. The molecule has 2 fully saturated rings. The lowest BCUT2D eigenvalue weighted by Crippen LogP contribution is -2.52. The third kappa shape index (κ3) is 2.00. The number of thiazole rings is 1. The van der Waals surface area contributed by atoms with Crippen LogP contribution in [0.1, 0.15) is 6.42 Å². The van der Waals surface area contributed by atoms with Gasteiger partial charge < -0.3 is 24.5 Å². The second-order valence-corrected chi connectivity index (χ2v) is 6.20. The lowest BCUT2D eigenvalue weighted by atomic mass is 10.0. The highest BCUT2D eigenvalue weighted by Crippen LogP contribution is 2.35. The zero-order valence-electron chi connectivity index (χ0n) is 11.2. The van der Waals surface area contributed by atoms with Gasteiger partial charge in [-0.1, -0.05) is 11.3 Å². The van der Waals surface area contributed by atoms with Gasteiger partial charge in [0.2, 0.25) is 5.82 Å². The van der Waals surface area contributed by atoms with Crippen LogP contribution < -0.4 is 4.90 Å². The Morgan fingerprint density at radius 3 is 3.14 bits per heavy atom. The van der Waals surface area contributed by atoms with Crippen LogP contribution in [0.15, 0.2) is 11.6 Å². The number of anilines is 1. The summed E-state index contributed by atoms with van der Waals surface area (Å²) >= 11 is 1.39. The van der Waals surface area contributed by atoms with Gasteiger partial charge in [-0.25, -0.2) is 0 Å². The molecule has 9 heteroatoms. The van der Waals surface area contributed by atoms with Gasteiger partial charge in [-0.2, -0.15) is 9.38 Å². The van der Waals surface area contributed by atoms with Crippen molar-refractivity contribution in [1.29, 1.82) is 0 Å². The van der Waals surface area contributed by atoms with Crippen molar-refractivity contribution in [2.45, 2.75) is 12.0 Å². The summed E-state index contributed by atoms with van der Waals surface area (Å²) in [5, 5.41) is 13.2. The maximum Gasteiger partial charge on any atom is 0.373 e. The average Bonchev–Trinajstić information content (AvgIpc) is 3.13. The predicted molar refractivity (Wildman–Crippen MR) is 76.1 cm³/mol. The van der Waals surface area contributed by atoms with E-state index in [9.17, 15) is 10.1 Å². The molecule has 0 aromatic carbocycles. The van der Waals surface area contributed by atoms with Crippen molar-refractivity contribution in [1.82, 2.24) is 9.38 Å². The van der Waals surface area contributed by atoms with Crippen molar-refractivity contribution in [2.75, 3.05) is 37.8 Å². The molecule has 0 radical (unpaired) electrons. The van der Waals surface area contributed by atoms with E-state index < -0.39 is 0 Å². The quantitative estimate of drug-likeness (QED) is 0.614. The number of hydrogen-bond donors (Lipinski definition) is 0. The highest BCUT2D eigenvalue weighted by atomic mass is 32.1. The minimum atomic E-state index is -0.366. The number of morpholine rings is 1. The maximum atomic E-state index is 11.4. The zero-order valence-corrected chi connectivity index (χ0v) is 12.0. The molecular formula is C12H14N4O4S. The van der Waals surface area contributed by atoms with Crippen LogP contribution in [0.3, 0.4) is 0 Å². The molecule has 4 heterocycles. The van der Waals surface area contributed by atoms with Gasteiger partial charge >= 0.3 is 5.82 Å². The van der Waals surface area contributed by atoms with Gasteiger partial charge in [0.1, 0.15) is 11.8 Å². The van der Waals surface area contributed by atoms with E-state index in [1.54, 1.807) is 11.6 Å². The van der Waals surface area contributed by atoms with Crippen LogP contribution in [0, 0.1) is 10.1 Å². The van der Waals surface area contributed by atoms with Gasteiger partial charge in [0, 0.05) is 25.0 Å². The van der Waals surface area contributed by atoms with E-state index in [2.05, 4.69) is 4.98 Å². The van der Waals surface area contributed by atoms with Crippen molar-refractivity contribution in [3.8, 4) is 0 Å². The summed E-state index contributed by atoms with van der Waals surface area (Å²) in [7, 11) is 0. The number of rotatable bonds is 2. The summed E-state index contributed by atoms with van der Waals surface area (Å²) in [6, 6.07) is 0. The standard InChI is InChI=1S/C12H14N4O4S/c17-16(18)10-9(13-11-15(10)3-6-21-11)14-2-5-20-12(7-14)1-4-19-8-12/h3,6H,1-2,4-5,7-8H2. The summed E-state index contributed by atoms with van der Waals surface area (Å²) in [6.07, 6.45) is 2.50. The van der Waals surface area contributed by atoms with Gasteiger partial charge in [-0.3, -0.25) is 0 Å². The van der Waals surface area contributed by atoms with Crippen molar-refractivity contribution in [3.63, 3.8) is 0 Å². The molecule has 0 bridgehead atoms. The molecule has 8 nitrogen and oxygen atoms in total. The molecular weight excluding hydrogens is 296 g/mol. The van der Waals surface area contributed by atoms with E-state index in [0.717, 1.165) is 6.42 Å². The van der Waals surface area contributed by atoms with E-state index in [1.807, 2.05) is 4.90 Å². The largest absolute Gasteiger partial charge is 0.378 e. The number of hydrogen-bond acceptors (Lipinski definition) is 7. The molecule has 1 unspecified atom stereocenters. The number of aromatic nitrogens is 2. The summed E-state index contributed by atoms with van der Waals surface area (Å²) in [5.74, 6) is 0.462. The minimum absolute atomic E-state index is 0.0298. The number of ether oxygens (including phenoxy) is 2. The van der Waals surface area contributed by atoms with Gasteiger partial charge in [0.05, 0.1) is 19.8 Å². The molecule has 112 valence electrons. The van der Waals surface area contributed by atoms with Crippen LogP contribution in [-0.2, 0) is 9.47 Å². The third-order valence-electron chi connectivity index (χ3n) is 4.01. The highest BCUT2D eigenvalue weighted by molar-refractivity contribution is 7.15. The van der Waals surface area contributed by atoms with Gasteiger partial charge in [-0.05, 0) is 4.92 Å². The van der Waals surface area contributed by atoms with Gasteiger partial charge in [0.25, 0.3) is 4.96 Å². The molecule has 0 saturated carbocycles. The second kappa shape index (κ2) is 4.65. The molecule has 2 saturated heterocycles. The molecule has 21 heavy (non-hydrogen) atoms. The summed E-state index contributed by atoms with van der Waals surface area (Å²) in [6.45, 7) is 2.94. The van der Waals surface area contributed by atoms with E-state index in [-0.39, 0.29) is 16.3 Å². The van der Waals surface area contributed by atoms with Gasteiger partial charge in [0.15, 0.2) is 0 Å². The Morgan fingerprint density at radius 1 is 1.48 bits per heavy atom. The maximum absolute atomic E-state index is 11.4. The zero-order chi connectivity index (χ0) is 14.4. The highest BCUT2D eigenvalue weighted by Gasteiger charge is 2.42. The number of nitro groups is 1. The molecule has 2 aliphatic rings. The van der Waals surface area contributed by atoms with Crippen molar-refractivity contribution in [3.05, 3.63) is 21.7 Å². The lowest BCUT2D eigenvalue weighted by molar-refractivity contribution is -0.389. The SMILES string of the molecule is O=[N+]([O-])c1c(N2CCOC3(CCOC3)C2)nc2sccn12. The fraction of sp³-hybridized carbons (Fsp3) is 0.583. The Hall–Kier alpha value is -1.71. The second-order valence-electron chi connectivity index (χ2n) is 5.33. The molecule has 2 aromatic rings. The monoisotopic (exact) mass is 310 g/mol. The molecule has 0 N–H and O–H groups in total. The molecule has 2 aliphatic heterocycles. The van der Waals surface area contributed by atoms with Crippen LogP contribution in [0.5, 0.6) is 0 Å². The van der Waals surface area contributed by atoms with Crippen LogP contribution in [0.4, 0.5) is 11.6 Å². The average molecular weight is 310 g/mol. The lowest BCUT2D eigenvalue weighted by Gasteiger charge is -2.39. The van der Waals surface area contributed by atoms with E-state index in [0.29, 0.717) is 43.7 Å². The van der Waals surface area contributed by atoms with Crippen molar-refractivity contribution >= 4 is 27.9 Å². The van der Waals surface area contributed by atoms with E-state index in [1.165, 1.54) is 15.7 Å². The Morgan fingerprint density at radius 2 is 2.38 bits per heavy atom. The fourth-order valence-electron chi connectivity index (χ4n) is 3.00. The topological polar surface area (TPSA) is 82.1 Å². The summed E-state index contributed by atoms with van der Waals surface area (Å²) in [5.41, 5.74) is -0.344. The number of imidazole rings is 1. The van der Waals surface area contributed by atoms with Crippen LogP contribution in [0.25, 0.3) is 4.96 Å². The number of fused-ring (bicyclic) bond motifs is 1. The third-order valence-corrected chi connectivity index (χ3v) is 4.76. The Balaban J connectivity index is 1.73. The first kappa shape index (κ1) is 13.0. The Labute approximate surface area is 124 Å². The number of nitrogens with zero attached hydrogens (tertiary/aromatic N) is 4. The normalized spacial score (nSPS) is 26.0. The molecule has 0 amide bonds. The molecule has 2 aromatic heterocycles. The first-order valence-corrected chi connectivity index (χ1v) is 7.63.